The molecule has 0 spiro atoms. The molecule has 18 heteroatoms. The third kappa shape index (κ3) is 5.20. The van der Waals surface area contributed by atoms with Crippen LogP contribution in [0.2, 0.25) is 5.28 Å². The molecule has 4 heterocycles. The molecule has 2 aliphatic rings. The monoisotopic (exact) mass is 559 g/mol. The largest absolute Gasteiger partial charge is 0.387 e. The molecule has 3 aromatic rings. The predicted molar refractivity (Wildman–Crippen MR) is 126 cm³/mol. The van der Waals surface area contributed by atoms with E-state index in [1.807, 2.05) is 0 Å². The summed E-state index contributed by atoms with van der Waals surface area (Å²) >= 11 is 6.17. The number of hydrogen-bond acceptors (Lipinski definition) is 12. The number of halogens is 1. The summed E-state index contributed by atoms with van der Waals surface area (Å²) < 4.78 is 24.9. The van der Waals surface area contributed by atoms with Gasteiger partial charge in [-0.15, -0.1) is 10.2 Å². The minimum absolute atomic E-state index is 0.0261. The van der Waals surface area contributed by atoms with E-state index in [9.17, 15) is 24.6 Å². The quantitative estimate of drug-likeness (QED) is 0.151. The number of hydrogen-bond donors (Lipinski definition) is 6. The van der Waals surface area contributed by atoms with Crippen molar-refractivity contribution in [3.05, 3.63) is 17.3 Å². The Hall–Kier alpha value is -2.30. The second-order valence-electron chi connectivity index (χ2n) is 9.37. The zero-order chi connectivity index (χ0) is 26.4. The van der Waals surface area contributed by atoms with Crippen LogP contribution < -0.4 is 5.32 Å². The van der Waals surface area contributed by atoms with Crippen molar-refractivity contribution in [2.75, 3.05) is 11.9 Å². The van der Waals surface area contributed by atoms with Gasteiger partial charge in [0.2, 0.25) is 5.28 Å². The number of fused-ring (bicyclic) bond motifs is 1. The van der Waals surface area contributed by atoms with Crippen molar-refractivity contribution in [2.45, 2.75) is 75.0 Å². The summed E-state index contributed by atoms with van der Waals surface area (Å²) in [6, 6.07) is 0.255. The lowest BCUT2D eigenvalue weighted by molar-refractivity contribution is -0.0946. The van der Waals surface area contributed by atoms with Gasteiger partial charge in [-0.05, 0) is 31.4 Å². The van der Waals surface area contributed by atoms with Gasteiger partial charge in [0.05, 0.1) is 24.6 Å². The third-order valence-electron chi connectivity index (χ3n) is 6.75. The minimum Gasteiger partial charge on any atom is -0.387 e. The van der Waals surface area contributed by atoms with Gasteiger partial charge in [-0.3, -0.25) is 4.57 Å². The maximum absolute atomic E-state index is 12.2. The molecule has 1 aliphatic carbocycles. The van der Waals surface area contributed by atoms with E-state index in [1.54, 1.807) is 0 Å². The standard InChI is InChI=1S/C19H27ClN9O7P/c1-19(37(32,33)34,6-12-25-27-28-26-12)35-8-11-13(30)14(31)17(36-11)29-16-10(7-21-29)15(23-18(20)24-16)22-9-4-2-3-5-9/h7,9,11,13-14,17,30-31H,2-6,8H2,1H3,(H,22,23,24)(H2,32,33,34)(H,25,26,27,28)/t11-,13-,14-,17-,19+/m1/s1. The van der Waals surface area contributed by atoms with Gasteiger partial charge in [0.1, 0.15) is 24.1 Å². The van der Waals surface area contributed by atoms with E-state index in [0.29, 0.717) is 11.2 Å². The van der Waals surface area contributed by atoms with Crippen molar-refractivity contribution in [1.29, 1.82) is 0 Å². The van der Waals surface area contributed by atoms with Crippen LogP contribution >= 0.6 is 19.2 Å². The van der Waals surface area contributed by atoms with Gasteiger partial charge in [-0.25, -0.2) is 4.68 Å². The number of aliphatic hydroxyl groups is 2. The molecule has 6 N–H and O–H groups in total. The van der Waals surface area contributed by atoms with Crippen molar-refractivity contribution >= 4 is 36.0 Å². The SMILES string of the molecule is C[C@](Cc1nn[nH]n1)(OC[C@H]1O[C@@H](n2ncc3c(NC4CCCC4)nc(Cl)nc32)[C@H](O)[C@@H]1O)P(=O)(O)O. The Morgan fingerprint density at radius 3 is 2.73 bits per heavy atom. The zero-order valence-electron chi connectivity index (χ0n) is 19.7. The van der Waals surface area contributed by atoms with E-state index in [-0.39, 0.29) is 29.2 Å². The summed E-state index contributed by atoms with van der Waals surface area (Å²) in [4.78, 5) is 28.3. The van der Waals surface area contributed by atoms with Crippen molar-refractivity contribution in [1.82, 2.24) is 40.4 Å². The van der Waals surface area contributed by atoms with E-state index in [4.69, 9.17) is 21.1 Å². The first-order chi connectivity index (χ1) is 17.6. The van der Waals surface area contributed by atoms with Gasteiger partial charge in [-0.1, -0.05) is 18.1 Å². The normalized spacial score (nSPS) is 26.6. The molecular formula is C19H27ClN9O7P. The maximum Gasteiger partial charge on any atom is 0.357 e. The van der Waals surface area contributed by atoms with Crippen LogP contribution in [-0.2, 0) is 20.5 Å². The van der Waals surface area contributed by atoms with Gasteiger partial charge in [0, 0.05) is 6.04 Å². The highest BCUT2D eigenvalue weighted by Gasteiger charge is 2.49. The van der Waals surface area contributed by atoms with Gasteiger partial charge >= 0.3 is 7.60 Å². The molecule has 0 bridgehead atoms. The summed E-state index contributed by atoms with van der Waals surface area (Å²) in [6.45, 7) is 0.732. The lowest BCUT2D eigenvalue weighted by Gasteiger charge is -2.30. The molecule has 0 amide bonds. The zero-order valence-corrected chi connectivity index (χ0v) is 21.3. The van der Waals surface area contributed by atoms with E-state index in [1.165, 1.54) is 17.8 Å². The third-order valence-corrected chi connectivity index (χ3v) is 8.44. The molecule has 1 saturated carbocycles. The number of anilines is 1. The highest BCUT2D eigenvalue weighted by Crippen LogP contribution is 2.52. The van der Waals surface area contributed by atoms with Crippen molar-refractivity contribution in [3.8, 4) is 0 Å². The average Bonchev–Trinajstić information content (AvgIpc) is 3.63. The Morgan fingerprint density at radius 1 is 1.30 bits per heavy atom. The first kappa shape index (κ1) is 26.3. The fraction of sp³-hybridized carbons (Fsp3) is 0.684. The average molecular weight is 560 g/mol. The molecule has 3 aromatic heterocycles. The van der Waals surface area contributed by atoms with E-state index < -0.39 is 44.1 Å². The number of aromatic nitrogens is 8. The lowest BCUT2D eigenvalue weighted by atomic mass is 10.1. The van der Waals surface area contributed by atoms with Crippen molar-refractivity contribution < 1.29 is 34.0 Å². The summed E-state index contributed by atoms with van der Waals surface area (Å²) in [6.07, 6.45) is 0.194. The molecule has 0 radical (unpaired) electrons. The molecule has 0 aromatic carbocycles. The van der Waals surface area contributed by atoms with Crippen LogP contribution in [0.1, 0.15) is 44.7 Å². The first-order valence-electron chi connectivity index (χ1n) is 11.7. The number of nitrogens with one attached hydrogen (secondary N) is 2. The van der Waals surface area contributed by atoms with Crippen molar-refractivity contribution in [3.63, 3.8) is 0 Å². The van der Waals surface area contributed by atoms with Gasteiger partial charge < -0.3 is 34.8 Å². The molecule has 1 saturated heterocycles. The molecule has 1 aliphatic heterocycles. The van der Waals surface area contributed by atoms with Crippen LogP contribution in [0.25, 0.3) is 11.0 Å². The Balaban J connectivity index is 1.35. The predicted octanol–water partition coefficient (Wildman–Crippen LogP) is 0.120. The van der Waals surface area contributed by atoms with Crippen LogP contribution in [0.5, 0.6) is 0 Å². The molecule has 5 atom stereocenters. The number of aromatic amines is 1. The lowest BCUT2D eigenvalue weighted by Crippen LogP contribution is -2.39. The van der Waals surface area contributed by atoms with Crippen molar-refractivity contribution in [2.24, 2.45) is 0 Å². The molecule has 5 rings (SSSR count). The van der Waals surface area contributed by atoms with E-state index in [0.717, 1.165) is 25.7 Å². The molecule has 2 fully saturated rings. The topological polar surface area (TPSA) is 227 Å². The Labute approximate surface area is 214 Å². The van der Waals surface area contributed by atoms with Crippen LogP contribution in [0.4, 0.5) is 5.82 Å². The van der Waals surface area contributed by atoms with Crippen LogP contribution in [0.3, 0.4) is 0 Å². The fourth-order valence-corrected chi connectivity index (χ4v) is 5.33. The summed E-state index contributed by atoms with van der Waals surface area (Å²) in [5.74, 6) is 0.540. The summed E-state index contributed by atoms with van der Waals surface area (Å²) in [5, 5.41) is 40.6. The van der Waals surface area contributed by atoms with Gasteiger partial charge in [-0.2, -0.15) is 20.3 Å². The Morgan fingerprint density at radius 2 is 2.05 bits per heavy atom. The fourth-order valence-electron chi connectivity index (χ4n) is 4.58. The number of tetrazole rings is 1. The summed E-state index contributed by atoms with van der Waals surface area (Å²) in [7, 11) is -4.84. The van der Waals surface area contributed by atoms with Crippen LogP contribution in [-0.4, -0.2) is 96.7 Å². The van der Waals surface area contributed by atoms with Crippen LogP contribution in [0, 0.1) is 0 Å². The Bertz CT molecular complexity index is 1280. The summed E-state index contributed by atoms with van der Waals surface area (Å²) in [5.41, 5.74) is 0.287. The first-order valence-corrected chi connectivity index (χ1v) is 13.7. The number of aliphatic hydroxyl groups excluding tert-OH is 2. The number of rotatable bonds is 9. The van der Waals surface area contributed by atoms with E-state index >= 15 is 0 Å². The Kier molecular flexibility index (Phi) is 7.19. The molecular weight excluding hydrogens is 533 g/mol. The van der Waals surface area contributed by atoms with Gasteiger partial charge in [0.25, 0.3) is 0 Å². The van der Waals surface area contributed by atoms with Gasteiger partial charge in [0.15, 0.2) is 23.0 Å². The smallest absolute Gasteiger partial charge is 0.357 e. The second-order valence-corrected chi connectivity index (χ2v) is 11.7. The highest BCUT2D eigenvalue weighted by atomic mass is 35.5. The van der Waals surface area contributed by atoms with Crippen LogP contribution in [0.15, 0.2) is 6.20 Å². The second kappa shape index (κ2) is 10.1. The van der Waals surface area contributed by atoms with E-state index in [2.05, 4.69) is 41.0 Å². The number of H-pyrrole nitrogens is 1. The molecule has 202 valence electrons. The highest BCUT2D eigenvalue weighted by molar-refractivity contribution is 7.53. The molecule has 16 nitrogen and oxygen atoms in total. The minimum atomic E-state index is -4.84. The number of ether oxygens (including phenoxy) is 2. The molecule has 37 heavy (non-hydrogen) atoms. The molecule has 0 unspecified atom stereocenters. The number of nitrogens with zero attached hydrogens (tertiary/aromatic N) is 7. The maximum atomic E-state index is 12.2.